The van der Waals surface area contributed by atoms with Gasteiger partial charge in [0.1, 0.15) is 11.9 Å². The molecule has 2 unspecified atom stereocenters. The number of hydrogen-bond donors (Lipinski definition) is 1. The molecule has 2 atom stereocenters. The van der Waals surface area contributed by atoms with Crippen molar-refractivity contribution >= 4 is 11.8 Å². The van der Waals surface area contributed by atoms with E-state index in [1.807, 2.05) is 0 Å². The Balaban J connectivity index is 1.62. The Bertz CT molecular complexity index is 559. The van der Waals surface area contributed by atoms with Gasteiger partial charge in [0, 0.05) is 29.7 Å². The van der Waals surface area contributed by atoms with E-state index in [1.165, 1.54) is 12.8 Å². The maximum absolute atomic E-state index is 12.0. The van der Waals surface area contributed by atoms with E-state index in [4.69, 9.17) is 4.74 Å². The van der Waals surface area contributed by atoms with E-state index in [1.54, 1.807) is 11.8 Å². The van der Waals surface area contributed by atoms with Crippen LogP contribution in [0.1, 0.15) is 36.0 Å². The Morgan fingerprint density at radius 3 is 3.32 bits per heavy atom. The summed E-state index contributed by atoms with van der Waals surface area (Å²) in [5, 5.41) is 0. The van der Waals surface area contributed by atoms with Gasteiger partial charge in [0.2, 0.25) is 0 Å². The molecule has 2 saturated heterocycles. The average molecular weight is 279 g/mol. The van der Waals surface area contributed by atoms with Crippen molar-refractivity contribution in [3.8, 4) is 0 Å². The predicted molar refractivity (Wildman–Crippen MR) is 73.1 cm³/mol. The smallest absolute Gasteiger partial charge is 0.255 e. The Labute approximate surface area is 115 Å². The Morgan fingerprint density at radius 2 is 2.37 bits per heavy atom. The molecule has 2 fully saturated rings. The fourth-order valence-electron chi connectivity index (χ4n) is 3.22. The van der Waals surface area contributed by atoms with Crippen molar-refractivity contribution in [2.45, 2.75) is 36.5 Å². The zero-order chi connectivity index (χ0) is 12.8. The van der Waals surface area contributed by atoms with Crippen LogP contribution in [0, 0.1) is 0 Å². The molecule has 0 aromatic carbocycles. The summed E-state index contributed by atoms with van der Waals surface area (Å²) < 4.78 is 5.91. The fourth-order valence-corrected chi connectivity index (χ4v) is 4.25. The highest BCUT2D eigenvalue weighted by atomic mass is 32.2. The molecule has 3 aliphatic rings. The highest BCUT2D eigenvalue weighted by Gasteiger charge is 2.34. The van der Waals surface area contributed by atoms with Gasteiger partial charge in [0.25, 0.3) is 5.56 Å². The van der Waals surface area contributed by atoms with Gasteiger partial charge in [-0.25, -0.2) is 4.98 Å². The third kappa shape index (κ3) is 2.02. The number of fused-ring (bicyclic) bond motifs is 2. The topological polar surface area (TPSA) is 58.2 Å². The molecule has 0 spiro atoms. The SMILES string of the molecule is O=c1[nH]c(C2CN3CCCC3CO2)nc2c1CSC2. The summed E-state index contributed by atoms with van der Waals surface area (Å²) >= 11 is 1.75. The normalized spacial score (nSPS) is 30.3. The number of rotatable bonds is 1. The number of aromatic amines is 1. The highest BCUT2D eigenvalue weighted by Crippen LogP contribution is 2.30. The van der Waals surface area contributed by atoms with Crippen molar-refractivity contribution in [2.24, 2.45) is 0 Å². The van der Waals surface area contributed by atoms with Crippen LogP contribution < -0.4 is 5.56 Å². The summed E-state index contributed by atoms with van der Waals surface area (Å²) in [6.07, 6.45) is 2.42. The Morgan fingerprint density at radius 1 is 1.42 bits per heavy atom. The molecule has 6 heteroatoms. The van der Waals surface area contributed by atoms with Gasteiger partial charge in [-0.15, -0.1) is 0 Å². The summed E-state index contributed by atoms with van der Waals surface area (Å²) in [4.78, 5) is 22.0. The summed E-state index contributed by atoms with van der Waals surface area (Å²) in [7, 11) is 0. The summed E-state index contributed by atoms with van der Waals surface area (Å²) in [6, 6.07) is 0.577. The number of thioether (sulfide) groups is 1. The minimum Gasteiger partial charge on any atom is -0.367 e. The first-order valence-electron chi connectivity index (χ1n) is 6.86. The lowest BCUT2D eigenvalue weighted by Gasteiger charge is -2.34. The van der Waals surface area contributed by atoms with Crippen molar-refractivity contribution in [1.29, 1.82) is 0 Å². The zero-order valence-electron chi connectivity index (χ0n) is 10.7. The first-order valence-corrected chi connectivity index (χ1v) is 8.02. The maximum Gasteiger partial charge on any atom is 0.255 e. The van der Waals surface area contributed by atoms with Gasteiger partial charge in [0.15, 0.2) is 0 Å². The predicted octanol–water partition coefficient (Wildman–Crippen LogP) is 1.05. The second-order valence-electron chi connectivity index (χ2n) is 5.48. The van der Waals surface area contributed by atoms with Gasteiger partial charge < -0.3 is 9.72 Å². The lowest BCUT2D eigenvalue weighted by molar-refractivity contribution is -0.0543. The standard InChI is InChI=1S/C13H17N3O2S/c17-13-9-6-19-7-10(9)14-12(15-13)11-4-16-3-1-2-8(16)5-18-11/h8,11H,1-7H2,(H,14,15,17). The number of hydrogen-bond acceptors (Lipinski definition) is 5. The van der Waals surface area contributed by atoms with Crippen molar-refractivity contribution in [2.75, 3.05) is 19.7 Å². The van der Waals surface area contributed by atoms with Crippen LogP contribution in [0.5, 0.6) is 0 Å². The molecule has 0 saturated carbocycles. The lowest BCUT2D eigenvalue weighted by Crippen LogP contribution is -2.43. The van der Waals surface area contributed by atoms with E-state index in [0.717, 1.165) is 48.3 Å². The molecule has 1 N–H and O–H groups in total. The summed E-state index contributed by atoms with van der Waals surface area (Å²) in [6.45, 7) is 2.77. The first-order chi connectivity index (χ1) is 9.31. The third-order valence-electron chi connectivity index (χ3n) is 4.30. The van der Waals surface area contributed by atoms with Crippen molar-refractivity contribution in [1.82, 2.24) is 14.9 Å². The molecular formula is C13H17N3O2S. The number of aromatic nitrogens is 2. The lowest BCUT2D eigenvalue weighted by atomic mass is 10.1. The molecule has 102 valence electrons. The molecule has 4 heterocycles. The van der Waals surface area contributed by atoms with Crippen molar-refractivity contribution < 1.29 is 4.74 Å². The number of nitrogens with zero attached hydrogens (tertiary/aromatic N) is 2. The average Bonchev–Trinajstić information content (AvgIpc) is 3.06. The third-order valence-corrected chi connectivity index (χ3v) is 5.27. The van der Waals surface area contributed by atoms with Gasteiger partial charge in [-0.2, -0.15) is 11.8 Å². The zero-order valence-corrected chi connectivity index (χ0v) is 11.5. The number of ether oxygens (including phenoxy) is 1. The van der Waals surface area contributed by atoms with E-state index in [9.17, 15) is 4.79 Å². The van der Waals surface area contributed by atoms with E-state index in [-0.39, 0.29) is 11.7 Å². The van der Waals surface area contributed by atoms with Crippen molar-refractivity contribution in [3.63, 3.8) is 0 Å². The monoisotopic (exact) mass is 279 g/mol. The number of H-pyrrole nitrogens is 1. The number of morpholine rings is 1. The molecule has 4 rings (SSSR count). The van der Waals surface area contributed by atoms with Crippen LogP contribution in [0.25, 0.3) is 0 Å². The minimum absolute atomic E-state index is 0.0251. The Hall–Kier alpha value is -0.850. The molecule has 3 aliphatic heterocycles. The number of nitrogens with one attached hydrogen (secondary N) is 1. The van der Waals surface area contributed by atoms with Crippen LogP contribution in [-0.4, -0.2) is 40.6 Å². The van der Waals surface area contributed by atoms with E-state index in [2.05, 4.69) is 14.9 Å². The minimum atomic E-state index is -0.0713. The van der Waals surface area contributed by atoms with Gasteiger partial charge in [-0.1, -0.05) is 0 Å². The second-order valence-corrected chi connectivity index (χ2v) is 6.47. The van der Waals surface area contributed by atoms with Gasteiger partial charge in [0.05, 0.1) is 12.3 Å². The van der Waals surface area contributed by atoms with Crippen molar-refractivity contribution in [3.05, 3.63) is 27.4 Å². The van der Waals surface area contributed by atoms with E-state index in [0.29, 0.717) is 6.04 Å². The van der Waals surface area contributed by atoms with Gasteiger partial charge in [-0.05, 0) is 19.4 Å². The molecule has 0 bridgehead atoms. The van der Waals surface area contributed by atoms with E-state index >= 15 is 0 Å². The molecule has 1 aromatic rings. The summed E-state index contributed by atoms with van der Waals surface area (Å²) in [5.74, 6) is 2.36. The maximum atomic E-state index is 12.0. The first kappa shape index (κ1) is 11.9. The second kappa shape index (κ2) is 4.61. The highest BCUT2D eigenvalue weighted by molar-refractivity contribution is 7.98. The molecule has 0 aliphatic carbocycles. The van der Waals surface area contributed by atoms with Crippen LogP contribution >= 0.6 is 11.8 Å². The van der Waals surface area contributed by atoms with Crippen LogP contribution in [0.3, 0.4) is 0 Å². The molecule has 5 nitrogen and oxygen atoms in total. The van der Waals surface area contributed by atoms with Crippen LogP contribution in [-0.2, 0) is 16.2 Å². The van der Waals surface area contributed by atoms with Crippen LogP contribution in [0.4, 0.5) is 0 Å². The van der Waals surface area contributed by atoms with Crippen LogP contribution in [0.15, 0.2) is 4.79 Å². The fraction of sp³-hybridized carbons (Fsp3) is 0.692. The molecule has 1 aromatic heterocycles. The molecule has 0 radical (unpaired) electrons. The molecule has 0 amide bonds. The van der Waals surface area contributed by atoms with E-state index < -0.39 is 0 Å². The molecule has 19 heavy (non-hydrogen) atoms. The summed E-state index contributed by atoms with van der Waals surface area (Å²) in [5.41, 5.74) is 1.83. The van der Waals surface area contributed by atoms with Gasteiger partial charge in [-0.3, -0.25) is 9.69 Å². The quantitative estimate of drug-likeness (QED) is 0.833. The van der Waals surface area contributed by atoms with Crippen LogP contribution in [0.2, 0.25) is 0 Å². The Kier molecular flexibility index (Phi) is 2.90. The van der Waals surface area contributed by atoms with Gasteiger partial charge >= 0.3 is 0 Å². The molecular weight excluding hydrogens is 262 g/mol. The largest absolute Gasteiger partial charge is 0.367 e.